The normalized spacial score (nSPS) is 14.4. The number of aliphatic hydroxyl groups excluding tert-OH is 1. The monoisotopic (exact) mass is 1640 g/mol. The number of allylic oxidation sites excluding steroid dienone is 2. The van der Waals surface area contributed by atoms with Crippen LogP contribution < -0.4 is 50.8 Å². The zero-order valence-electron chi connectivity index (χ0n) is 72.1. The molecule has 119 heavy (non-hydrogen) atoms. The van der Waals surface area contributed by atoms with Gasteiger partial charge in [-0.25, -0.2) is 59.8 Å². The molecule has 0 spiro atoms. The van der Waals surface area contributed by atoms with E-state index in [4.69, 9.17) is 29.4 Å². The van der Waals surface area contributed by atoms with Crippen molar-refractivity contribution in [3.8, 4) is 0 Å². The third-order valence-corrected chi connectivity index (χ3v) is 21.8. The van der Waals surface area contributed by atoms with E-state index in [2.05, 4.69) is 122 Å². The van der Waals surface area contributed by atoms with E-state index in [9.17, 15) is 24.6 Å². The van der Waals surface area contributed by atoms with E-state index in [-0.39, 0.29) is 71.1 Å². The first-order chi connectivity index (χ1) is 57.1. The number of unbranched alkanes of at least 4 members (excludes halogenated alkanes) is 9. The molecule has 0 saturated carbocycles. The van der Waals surface area contributed by atoms with Crippen molar-refractivity contribution >= 4 is 47.3 Å². The van der Waals surface area contributed by atoms with Crippen molar-refractivity contribution in [3.63, 3.8) is 0 Å². The fraction of sp³-hybridized carbons (Fsp3) is 0.543. The first kappa shape index (κ1) is 97.1. The third-order valence-electron chi connectivity index (χ3n) is 21.8. The van der Waals surface area contributed by atoms with Crippen molar-refractivity contribution in [1.29, 1.82) is 0 Å². The van der Waals surface area contributed by atoms with Gasteiger partial charge in [-0.2, -0.15) is 0 Å². The number of carboxylic acid groups (broad SMARTS) is 1. The molecular formula is C94H131N16NaO8. The van der Waals surface area contributed by atoms with Crippen LogP contribution in [0.1, 0.15) is 296 Å². The van der Waals surface area contributed by atoms with Crippen LogP contribution in [0.15, 0.2) is 116 Å². The van der Waals surface area contributed by atoms with Crippen LogP contribution >= 0.6 is 0 Å². The number of nitrogens with zero attached hydrogens (tertiary/aromatic N) is 12. The van der Waals surface area contributed by atoms with E-state index in [1.807, 2.05) is 66.1 Å². The Labute approximate surface area is 729 Å². The number of esters is 2. The average Bonchev–Trinajstić information content (AvgIpc) is 1.88. The summed E-state index contributed by atoms with van der Waals surface area (Å²) in [6.07, 6.45) is 57.6. The molecule has 4 aliphatic heterocycles. The smallest absolute Gasteiger partial charge is 0.870 e. The molecule has 12 rings (SSSR count). The van der Waals surface area contributed by atoms with Crippen LogP contribution in [0.5, 0.6) is 0 Å². The number of carbonyl (C=O) groups excluding carboxylic acids is 2. The summed E-state index contributed by atoms with van der Waals surface area (Å²) in [6, 6.07) is 17.6. The fourth-order valence-electron chi connectivity index (χ4n) is 15.0. The van der Waals surface area contributed by atoms with Crippen LogP contribution in [0.3, 0.4) is 0 Å². The summed E-state index contributed by atoms with van der Waals surface area (Å²) < 4.78 is 10.3. The van der Waals surface area contributed by atoms with Crippen molar-refractivity contribution in [1.82, 2.24) is 59.8 Å². The Balaban J connectivity index is 0.000000218. The summed E-state index contributed by atoms with van der Waals surface area (Å²) in [5.74, 6) is 6.22. The molecule has 0 unspecified atom stereocenters. The van der Waals surface area contributed by atoms with Crippen LogP contribution in [0.4, 0.5) is 23.3 Å². The van der Waals surface area contributed by atoms with Gasteiger partial charge in [-0.05, 0) is 277 Å². The van der Waals surface area contributed by atoms with Crippen molar-refractivity contribution < 1.29 is 69.1 Å². The van der Waals surface area contributed by atoms with Crippen LogP contribution in [0.25, 0.3) is 6.08 Å². The fourth-order valence-corrected chi connectivity index (χ4v) is 15.0. The van der Waals surface area contributed by atoms with Gasteiger partial charge in [0.05, 0.1) is 38.6 Å². The van der Waals surface area contributed by atoms with Gasteiger partial charge in [0, 0.05) is 110 Å². The van der Waals surface area contributed by atoms with E-state index >= 15 is 0 Å². The predicted octanol–water partition coefficient (Wildman–Crippen LogP) is 15.3. The van der Waals surface area contributed by atoms with Crippen LogP contribution in [-0.2, 0) is 75.2 Å². The summed E-state index contributed by atoms with van der Waals surface area (Å²) in [7, 11) is 0. The molecule has 0 aliphatic carbocycles. The summed E-state index contributed by atoms with van der Waals surface area (Å²) in [4.78, 5) is 88.4. The number of hydrogen-bond acceptors (Lipinski definition) is 23. The van der Waals surface area contributed by atoms with Gasteiger partial charge in [0.1, 0.15) is 46.6 Å². The van der Waals surface area contributed by atoms with E-state index in [1.165, 1.54) is 91.4 Å². The van der Waals surface area contributed by atoms with Crippen molar-refractivity contribution in [2.24, 2.45) is 0 Å². The Morgan fingerprint density at radius 3 is 1.13 bits per heavy atom. The van der Waals surface area contributed by atoms with Gasteiger partial charge >= 0.3 is 47.5 Å². The van der Waals surface area contributed by atoms with Gasteiger partial charge in [0.25, 0.3) is 0 Å². The molecule has 4 atom stereocenters. The molecule has 0 saturated heterocycles. The molecule has 25 heteroatoms. The zero-order chi connectivity index (χ0) is 82.4. The molecule has 8 aromatic rings. The quantitative estimate of drug-likeness (QED) is 0.00906. The predicted molar refractivity (Wildman–Crippen MR) is 468 cm³/mol. The molecule has 636 valence electrons. The molecule has 24 nitrogen and oxygen atoms in total. The maximum absolute atomic E-state index is 12.0. The van der Waals surface area contributed by atoms with Gasteiger partial charge in [-0.1, -0.05) is 93.5 Å². The number of nitrogens with one attached hydrogen (secondary N) is 4. The van der Waals surface area contributed by atoms with Gasteiger partial charge in [0.15, 0.2) is 0 Å². The first-order valence-electron chi connectivity index (χ1n) is 43.7. The molecule has 0 radical (unpaired) electrons. The summed E-state index contributed by atoms with van der Waals surface area (Å²) in [5, 5.41) is 33.1. The molecule has 8 aromatic heterocycles. The second-order valence-corrected chi connectivity index (χ2v) is 31.4. The van der Waals surface area contributed by atoms with E-state index in [1.54, 1.807) is 37.2 Å². The number of carbonyl (C=O) groups is 3. The molecule has 0 aromatic carbocycles. The van der Waals surface area contributed by atoms with Crippen molar-refractivity contribution in [3.05, 3.63) is 207 Å². The molecule has 0 fully saturated rings. The second-order valence-electron chi connectivity index (χ2n) is 31.4. The minimum absolute atomic E-state index is 0. The summed E-state index contributed by atoms with van der Waals surface area (Å²) in [6.45, 7) is 16.0. The number of aliphatic hydroxyl groups is 1. The third kappa shape index (κ3) is 36.8. The first-order valence-corrected chi connectivity index (χ1v) is 43.7. The number of hydrogen-bond donors (Lipinski definition) is 6. The van der Waals surface area contributed by atoms with Gasteiger partial charge in [-0.3, -0.25) is 14.4 Å². The van der Waals surface area contributed by atoms with Crippen LogP contribution in [-0.4, -0.2) is 139 Å². The van der Waals surface area contributed by atoms with E-state index in [0.717, 1.165) is 248 Å². The molecule has 0 amide bonds. The second kappa shape index (κ2) is 55.7. The Bertz CT molecular complexity index is 4310. The number of aryl methyl sites for hydroxylation is 12. The number of ether oxygens (including phenoxy) is 2. The SMILES string of the molecule is CCOC(=O)C[C@H](/C=C/CCCCc1ccc2c(n1)NCCCC2)c1cnc(C)nc1.CCOC(=O)C[C@H](CCCCCCc1ccc2c(n1)NCCCC2)c1cnc(C)nc1.Cc1ncc(/C=C/[C@H](O)CCCCc2ccc3c(n2)NCCCC3)cn1.Cc1ncc([C@@H](CCCCCCc2ccc3c(n2)NCCCC3)CC(=O)O)cn1.[Na+].[OH-]. The Morgan fingerprint density at radius 1 is 0.412 bits per heavy atom. The number of aliphatic carboxylic acids is 1. The van der Waals surface area contributed by atoms with Gasteiger partial charge in [-0.15, -0.1) is 0 Å². The Kier molecular flexibility index (Phi) is 45.4. The van der Waals surface area contributed by atoms with Gasteiger partial charge < -0.3 is 46.4 Å². The number of anilines is 4. The van der Waals surface area contributed by atoms with Crippen molar-refractivity contribution in [2.45, 2.75) is 290 Å². The minimum Gasteiger partial charge on any atom is -0.870 e. The van der Waals surface area contributed by atoms with E-state index in [0.29, 0.717) is 31.9 Å². The standard InChI is InChI=1S/C25H36N4O2.C25H34N4O2.C23H32N4O2.C21H28N4O.Na.H2O/c2*1-3-31-24(30)16-21(22-17-27-19(2)28-18-22)11-6-4-5-7-12-23-14-13-20-10-8-9-15-26-25(20)29-23;1-17-25-15-20(16-26-17)19(14-22(28)29)9-4-2-3-5-10-21-12-11-18-8-6-7-13-24-23(18)27-21;1-16-23-14-17(15-24-16)9-12-20(26)8-3-2-7-19-11-10-18-6-4-5-13-22-21(18)25-19;;/h13-14,17-18,21H,3-12,15-16H2,1-2H3,(H,26,29);6,11,13-14,17-18,21H,3-5,7-10,12,15-16H2,1-2H3,(H,26,29);11-12,15-16,19H,2-10,13-14H2,1H3,(H,24,27)(H,28,29);9-12,14-15,20,26H,2-8,13H2,1H3,(H,22,25);;1H2/q;;;;+1;/p-1/b;11-6+;;12-9+;;/t2*21-;19-;20-;;/m0001../s1. The zero-order valence-corrected chi connectivity index (χ0v) is 74.1. The maximum atomic E-state index is 12.0. The molecule has 4 aliphatic rings. The van der Waals surface area contributed by atoms with Crippen LogP contribution in [0, 0.1) is 27.7 Å². The topological polar surface area (TPSA) is 343 Å². The number of pyridine rings is 4. The molecule has 12 heterocycles. The number of fused-ring (bicyclic) bond motifs is 4. The van der Waals surface area contributed by atoms with E-state index < -0.39 is 12.1 Å². The number of carboxylic acids is 1. The molecule has 7 N–H and O–H groups in total. The van der Waals surface area contributed by atoms with Gasteiger partial charge in [0.2, 0.25) is 0 Å². The largest absolute Gasteiger partial charge is 1.00 e. The maximum Gasteiger partial charge on any atom is 1.00 e. The molecular weight excluding hydrogens is 1500 g/mol. The number of rotatable bonds is 38. The molecule has 0 bridgehead atoms. The van der Waals surface area contributed by atoms with Crippen molar-refractivity contribution in [2.75, 3.05) is 60.7 Å². The van der Waals surface area contributed by atoms with Crippen LogP contribution in [0.2, 0.25) is 0 Å². The average molecular weight is 1640 g/mol. The minimum atomic E-state index is -0.765. The Hall–Kier alpha value is -9.07. The number of aromatic nitrogens is 12. The Morgan fingerprint density at radius 2 is 0.748 bits per heavy atom. The summed E-state index contributed by atoms with van der Waals surface area (Å²) >= 11 is 0. The summed E-state index contributed by atoms with van der Waals surface area (Å²) in [5.41, 5.74) is 13.8.